The fraction of sp³-hybridized carbons (Fsp3) is 0.944. The van der Waals surface area contributed by atoms with Gasteiger partial charge in [-0.3, -0.25) is 4.90 Å². The van der Waals surface area contributed by atoms with Crippen LogP contribution in [0, 0.1) is 0 Å². The zero-order valence-electron chi connectivity index (χ0n) is 14.8. The van der Waals surface area contributed by atoms with E-state index in [1.807, 2.05) is 0 Å². The van der Waals surface area contributed by atoms with Crippen molar-refractivity contribution in [3.8, 4) is 0 Å². The maximum atomic E-state index is 5.86. The standard InChI is InChI=1S/C18H33N3OS/c1-14-11-20(12-15(2)22-14)13-17-9-6-10-21(17)18(23)19-16-7-4-3-5-8-16/h14-17H,3-13H2,1-2H3,(H,19,23)/t14-,15+,17-/m0/s1. The summed E-state index contributed by atoms with van der Waals surface area (Å²) in [6.07, 6.45) is 9.92. The summed E-state index contributed by atoms with van der Waals surface area (Å²) >= 11 is 5.76. The Morgan fingerprint density at radius 2 is 1.74 bits per heavy atom. The van der Waals surface area contributed by atoms with Crippen LogP contribution in [0.5, 0.6) is 0 Å². The van der Waals surface area contributed by atoms with E-state index in [0.29, 0.717) is 24.3 Å². The van der Waals surface area contributed by atoms with Gasteiger partial charge in [0.25, 0.3) is 0 Å². The third-order valence-electron chi connectivity index (χ3n) is 5.53. The van der Waals surface area contributed by atoms with Gasteiger partial charge in [-0.2, -0.15) is 0 Å². The Balaban J connectivity index is 1.51. The number of nitrogens with one attached hydrogen (secondary N) is 1. The van der Waals surface area contributed by atoms with Crippen molar-refractivity contribution in [1.29, 1.82) is 0 Å². The van der Waals surface area contributed by atoms with Crippen LogP contribution < -0.4 is 5.32 Å². The summed E-state index contributed by atoms with van der Waals surface area (Å²) in [5, 5.41) is 4.67. The molecule has 3 atom stereocenters. The van der Waals surface area contributed by atoms with Crippen LogP contribution in [-0.2, 0) is 4.74 Å². The second-order valence-corrected chi connectivity index (χ2v) is 8.14. The zero-order chi connectivity index (χ0) is 16.2. The number of rotatable bonds is 3. The SMILES string of the molecule is C[C@@H]1CN(C[C@@H]2CCCN2C(=S)NC2CCCCC2)C[C@H](C)O1. The number of likely N-dealkylation sites (tertiary alicyclic amines) is 1. The molecule has 5 heteroatoms. The van der Waals surface area contributed by atoms with Crippen LogP contribution in [0.25, 0.3) is 0 Å². The number of nitrogens with zero attached hydrogens (tertiary/aromatic N) is 2. The molecule has 1 N–H and O–H groups in total. The van der Waals surface area contributed by atoms with E-state index >= 15 is 0 Å². The topological polar surface area (TPSA) is 27.7 Å². The first-order chi connectivity index (χ1) is 11.1. The Bertz CT molecular complexity index is 390. The highest BCUT2D eigenvalue weighted by Gasteiger charge is 2.31. The van der Waals surface area contributed by atoms with Crippen LogP contribution >= 0.6 is 12.2 Å². The summed E-state index contributed by atoms with van der Waals surface area (Å²) in [5.41, 5.74) is 0. The van der Waals surface area contributed by atoms with E-state index in [2.05, 4.69) is 29.0 Å². The summed E-state index contributed by atoms with van der Waals surface area (Å²) in [5.74, 6) is 0. The fourth-order valence-electron chi connectivity index (χ4n) is 4.53. The lowest BCUT2D eigenvalue weighted by Crippen LogP contribution is -2.53. The monoisotopic (exact) mass is 339 g/mol. The lowest BCUT2D eigenvalue weighted by Gasteiger charge is -2.39. The van der Waals surface area contributed by atoms with Gasteiger partial charge in [-0.05, 0) is 51.7 Å². The Morgan fingerprint density at radius 1 is 1.04 bits per heavy atom. The molecule has 3 fully saturated rings. The van der Waals surface area contributed by atoms with E-state index in [0.717, 1.165) is 31.3 Å². The van der Waals surface area contributed by atoms with Crippen LogP contribution in [0.4, 0.5) is 0 Å². The normalized spacial score (nSPS) is 33.8. The molecule has 4 nitrogen and oxygen atoms in total. The van der Waals surface area contributed by atoms with Gasteiger partial charge >= 0.3 is 0 Å². The molecule has 0 amide bonds. The lowest BCUT2D eigenvalue weighted by atomic mass is 9.96. The van der Waals surface area contributed by atoms with Crippen molar-refractivity contribution < 1.29 is 4.74 Å². The molecule has 3 rings (SSSR count). The van der Waals surface area contributed by atoms with Crippen LogP contribution in [0.3, 0.4) is 0 Å². The van der Waals surface area contributed by atoms with Gasteiger partial charge in [-0.25, -0.2) is 0 Å². The van der Waals surface area contributed by atoms with Crippen LogP contribution in [0.1, 0.15) is 58.8 Å². The lowest BCUT2D eigenvalue weighted by molar-refractivity contribution is -0.0710. The molecule has 0 aromatic rings. The molecule has 0 aromatic carbocycles. The van der Waals surface area contributed by atoms with Crippen molar-refractivity contribution in [2.24, 2.45) is 0 Å². The Morgan fingerprint density at radius 3 is 2.43 bits per heavy atom. The quantitative estimate of drug-likeness (QED) is 0.798. The minimum absolute atomic E-state index is 0.348. The number of thiocarbonyl (C=S) groups is 1. The van der Waals surface area contributed by atoms with Crippen LogP contribution in [0.2, 0.25) is 0 Å². The number of morpholine rings is 1. The molecule has 0 unspecified atom stereocenters. The smallest absolute Gasteiger partial charge is 0.169 e. The van der Waals surface area contributed by atoms with E-state index < -0.39 is 0 Å². The van der Waals surface area contributed by atoms with Gasteiger partial charge in [0.1, 0.15) is 0 Å². The van der Waals surface area contributed by atoms with E-state index in [1.165, 1.54) is 44.9 Å². The van der Waals surface area contributed by atoms with Crippen molar-refractivity contribution in [3.05, 3.63) is 0 Å². The predicted molar refractivity (Wildman–Crippen MR) is 98.8 cm³/mol. The highest BCUT2D eigenvalue weighted by molar-refractivity contribution is 7.80. The molecular formula is C18H33N3OS. The summed E-state index contributed by atoms with van der Waals surface area (Å²) in [7, 11) is 0. The van der Waals surface area contributed by atoms with Gasteiger partial charge in [0.2, 0.25) is 0 Å². The molecule has 2 aliphatic heterocycles. The van der Waals surface area contributed by atoms with E-state index in [1.54, 1.807) is 0 Å². The minimum Gasteiger partial charge on any atom is -0.373 e. The first-order valence-corrected chi connectivity index (χ1v) is 9.97. The molecule has 2 saturated heterocycles. The molecule has 132 valence electrons. The van der Waals surface area contributed by atoms with Crippen molar-refractivity contribution >= 4 is 17.3 Å². The van der Waals surface area contributed by atoms with Gasteiger partial charge in [-0.1, -0.05) is 19.3 Å². The Hall–Kier alpha value is -0.390. The van der Waals surface area contributed by atoms with Crippen molar-refractivity contribution in [2.75, 3.05) is 26.2 Å². The Labute approximate surface area is 146 Å². The molecule has 3 aliphatic rings. The van der Waals surface area contributed by atoms with Crippen LogP contribution in [0.15, 0.2) is 0 Å². The van der Waals surface area contributed by atoms with Gasteiger partial charge in [-0.15, -0.1) is 0 Å². The van der Waals surface area contributed by atoms with Gasteiger partial charge in [0.05, 0.1) is 12.2 Å². The average molecular weight is 340 g/mol. The van der Waals surface area contributed by atoms with E-state index in [-0.39, 0.29) is 0 Å². The van der Waals surface area contributed by atoms with Gasteiger partial charge < -0.3 is 15.0 Å². The molecule has 0 aromatic heterocycles. The summed E-state index contributed by atoms with van der Waals surface area (Å²) in [6, 6.07) is 1.19. The molecule has 23 heavy (non-hydrogen) atoms. The third-order valence-corrected chi connectivity index (χ3v) is 5.89. The second kappa shape index (κ2) is 8.13. The predicted octanol–water partition coefficient (Wildman–Crippen LogP) is 2.77. The first-order valence-electron chi connectivity index (χ1n) is 9.57. The maximum absolute atomic E-state index is 5.86. The molecule has 1 aliphatic carbocycles. The summed E-state index contributed by atoms with van der Waals surface area (Å²) in [4.78, 5) is 5.04. The van der Waals surface area contributed by atoms with Gasteiger partial charge in [0, 0.05) is 38.3 Å². The van der Waals surface area contributed by atoms with Crippen molar-refractivity contribution in [3.63, 3.8) is 0 Å². The largest absolute Gasteiger partial charge is 0.373 e. The van der Waals surface area contributed by atoms with E-state index in [9.17, 15) is 0 Å². The minimum atomic E-state index is 0.348. The maximum Gasteiger partial charge on any atom is 0.169 e. The van der Waals surface area contributed by atoms with Crippen molar-refractivity contribution in [1.82, 2.24) is 15.1 Å². The summed E-state index contributed by atoms with van der Waals surface area (Å²) < 4.78 is 5.86. The first kappa shape index (κ1) is 17.4. The highest BCUT2D eigenvalue weighted by atomic mass is 32.1. The molecule has 0 radical (unpaired) electrons. The fourth-order valence-corrected chi connectivity index (χ4v) is 4.94. The second-order valence-electron chi connectivity index (χ2n) is 7.75. The molecule has 1 saturated carbocycles. The number of ether oxygens (including phenoxy) is 1. The Kier molecular flexibility index (Phi) is 6.16. The van der Waals surface area contributed by atoms with Crippen molar-refractivity contribution in [2.45, 2.75) is 83.1 Å². The van der Waals surface area contributed by atoms with Crippen LogP contribution in [-0.4, -0.2) is 65.4 Å². The molecule has 0 bridgehead atoms. The zero-order valence-corrected chi connectivity index (χ0v) is 15.6. The third kappa shape index (κ3) is 4.80. The number of hydrogen-bond donors (Lipinski definition) is 1. The highest BCUT2D eigenvalue weighted by Crippen LogP contribution is 2.22. The summed E-state index contributed by atoms with van der Waals surface area (Å²) in [6.45, 7) is 8.73. The molecule has 0 spiro atoms. The van der Waals surface area contributed by atoms with E-state index in [4.69, 9.17) is 17.0 Å². The van der Waals surface area contributed by atoms with Gasteiger partial charge in [0.15, 0.2) is 5.11 Å². The number of hydrogen-bond acceptors (Lipinski definition) is 3. The molecular weight excluding hydrogens is 306 g/mol. The molecule has 2 heterocycles. The average Bonchev–Trinajstić information content (AvgIpc) is 2.95.